The number of hydrogen-bond donors (Lipinski definition) is 0. The number of rotatable bonds is 1. The number of carbonyl (C=O) groups is 2. The van der Waals surface area contributed by atoms with E-state index in [-0.39, 0.29) is 0 Å². The smallest absolute Gasteiger partial charge is 0.325 e. The Balaban J connectivity index is 1.85. The molecular formula is C16H14ClNO4S. The van der Waals surface area contributed by atoms with Gasteiger partial charge in [-0.3, -0.25) is 0 Å². The van der Waals surface area contributed by atoms with Crippen LogP contribution in [-0.4, -0.2) is 37.0 Å². The molecule has 0 aromatic heterocycles. The minimum absolute atomic E-state index is 0.593. The molecule has 3 heterocycles. The number of carbonyl (C=O) groups excluding carboxylic acids is 2. The first-order valence-corrected chi connectivity index (χ1v) is 9.11. The molecule has 0 saturated carbocycles. The third kappa shape index (κ3) is 2.29. The molecule has 0 atom stereocenters. The van der Waals surface area contributed by atoms with E-state index in [1.165, 1.54) is 0 Å². The summed E-state index contributed by atoms with van der Waals surface area (Å²) in [7, 11) is -0.423. The van der Waals surface area contributed by atoms with Crippen LogP contribution < -0.4 is 0 Å². The van der Waals surface area contributed by atoms with E-state index < -0.39 is 22.5 Å². The normalized spacial score (nSPS) is 23.9. The fourth-order valence-corrected chi connectivity index (χ4v) is 5.47. The van der Waals surface area contributed by atoms with Gasteiger partial charge in [-0.2, -0.15) is 0 Å². The van der Waals surface area contributed by atoms with Gasteiger partial charge in [-0.15, -0.1) is 0 Å². The molecule has 1 saturated heterocycles. The largest absolute Gasteiger partial charge is 0.441 e. The van der Waals surface area contributed by atoms with Crippen LogP contribution in [0.25, 0.3) is 5.57 Å². The Kier molecular flexibility index (Phi) is 3.30. The zero-order chi connectivity index (χ0) is 16.2. The fourth-order valence-electron chi connectivity index (χ4n) is 2.95. The quantitative estimate of drug-likeness (QED) is 0.728. The van der Waals surface area contributed by atoms with Crippen molar-refractivity contribution in [2.24, 2.45) is 0 Å². The Hall–Kier alpha value is -1.76. The van der Waals surface area contributed by atoms with Gasteiger partial charge in [-0.25, -0.2) is 9.59 Å². The van der Waals surface area contributed by atoms with Crippen molar-refractivity contribution in [2.45, 2.75) is 11.3 Å². The summed E-state index contributed by atoms with van der Waals surface area (Å²) in [5.41, 5.74) is 2.99. The SMILES string of the molecule is CN1CC=C(C2=CS3(OC(=O)C(=O)O3)c3ccc(Cl)cc32)CC1. The molecule has 0 aliphatic carbocycles. The van der Waals surface area contributed by atoms with E-state index in [0.29, 0.717) is 5.02 Å². The second-order valence-corrected chi connectivity index (χ2v) is 8.24. The Bertz CT molecular complexity index is 785. The highest BCUT2D eigenvalue weighted by Gasteiger charge is 2.47. The third-order valence-electron chi connectivity index (χ3n) is 4.14. The Morgan fingerprint density at radius 2 is 1.96 bits per heavy atom. The van der Waals surface area contributed by atoms with Crippen LogP contribution in [0.2, 0.25) is 5.02 Å². The average Bonchev–Trinajstić information content (AvgIpc) is 2.97. The second-order valence-electron chi connectivity index (χ2n) is 5.70. The molecule has 4 rings (SSSR count). The van der Waals surface area contributed by atoms with Crippen LogP contribution in [0.5, 0.6) is 0 Å². The molecule has 3 aliphatic rings. The standard InChI is InChI=1S/C16H14ClNO4S/c1-18-6-4-10(5-7-18)13-9-23(21-15(19)16(20)22-23)14-3-2-11(17)8-12(13)14/h2-4,8-9H,5-7H2,1H3. The monoisotopic (exact) mass is 351 g/mol. The third-order valence-corrected chi connectivity index (χ3v) is 6.68. The van der Waals surface area contributed by atoms with Gasteiger partial charge in [0.05, 0.1) is 10.3 Å². The first-order valence-electron chi connectivity index (χ1n) is 7.19. The number of allylic oxidation sites excluding steroid dienone is 1. The molecule has 5 nitrogen and oxygen atoms in total. The maximum absolute atomic E-state index is 11.6. The first kappa shape index (κ1) is 14.8. The molecule has 0 amide bonds. The van der Waals surface area contributed by atoms with Crippen LogP contribution >= 0.6 is 22.2 Å². The lowest BCUT2D eigenvalue weighted by Crippen LogP contribution is -2.24. The lowest BCUT2D eigenvalue weighted by atomic mass is 9.95. The predicted molar refractivity (Wildman–Crippen MR) is 87.7 cm³/mol. The molecule has 120 valence electrons. The van der Waals surface area contributed by atoms with Crippen LogP contribution in [0.15, 0.2) is 40.2 Å². The van der Waals surface area contributed by atoms with Gasteiger partial charge in [-0.05, 0) is 37.2 Å². The molecule has 1 aromatic rings. The highest BCUT2D eigenvalue weighted by atomic mass is 35.5. The lowest BCUT2D eigenvalue weighted by molar-refractivity contribution is -0.150. The lowest BCUT2D eigenvalue weighted by Gasteiger charge is -2.28. The van der Waals surface area contributed by atoms with Gasteiger partial charge in [-0.1, -0.05) is 28.3 Å². The van der Waals surface area contributed by atoms with Crippen molar-refractivity contribution >= 4 is 39.7 Å². The summed E-state index contributed by atoms with van der Waals surface area (Å²) in [6.07, 6.45) is 3.03. The van der Waals surface area contributed by atoms with Gasteiger partial charge < -0.3 is 13.3 Å². The summed E-state index contributed by atoms with van der Waals surface area (Å²) < 4.78 is 10.7. The molecule has 1 aromatic carbocycles. The maximum atomic E-state index is 11.6. The molecule has 0 bridgehead atoms. The summed E-state index contributed by atoms with van der Waals surface area (Å²) in [4.78, 5) is 26.1. The van der Waals surface area contributed by atoms with Gasteiger partial charge >= 0.3 is 11.9 Å². The fraction of sp³-hybridized carbons (Fsp3) is 0.250. The first-order chi connectivity index (χ1) is 11.0. The number of likely N-dealkylation sites (N-methyl/N-ethyl adjacent to an activating group) is 1. The van der Waals surface area contributed by atoms with Gasteiger partial charge in [0.15, 0.2) is 0 Å². The molecular weight excluding hydrogens is 338 g/mol. The van der Waals surface area contributed by atoms with Gasteiger partial charge in [0.1, 0.15) is 0 Å². The van der Waals surface area contributed by atoms with Gasteiger partial charge in [0, 0.05) is 29.2 Å². The molecule has 0 N–H and O–H groups in total. The van der Waals surface area contributed by atoms with Gasteiger partial charge in [0.25, 0.3) is 0 Å². The topological polar surface area (TPSA) is 55.8 Å². The highest BCUT2D eigenvalue weighted by Crippen LogP contribution is 2.69. The van der Waals surface area contributed by atoms with E-state index in [0.717, 1.165) is 41.1 Å². The van der Waals surface area contributed by atoms with Crippen LogP contribution in [0.1, 0.15) is 12.0 Å². The van der Waals surface area contributed by atoms with Gasteiger partial charge in [0.2, 0.25) is 0 Å². The summed E-state index contributed by atoms with van der Waals surface area (Å²) in [6, 6.07) is 5.33. The molecule has 1 fully saturated rings. The van der Waals surface area contributed by atoms with Crippen molar-refractivity contribution < 1.29 is 18.0 Å². The van der Waals surface area contributed by atoms with E-state index in [1.807, 2.05) is 6.07 Å². The molecule has 7 heteroatoms. The van der Waals surface area contributed by atoms with Crippen molar-refractivity contribution in [3.63, 3.8) is 0 Å². The van der Waals surface area contributed by atoms with Crippen molar-refractivity contribution in [1.82, 2.24) is 4.90 Å². The Morgan fingerprint density at radius 1 is 1.22 bits per heavy atom. The number of hydrogen-bond acceptors (Lipinski definition) is 5. The van der Waals surface area contributed by atoms with E-state index in [9.17, 15) is 9.59 Å². The van der Waals surface area contributed by atoms with Crippen LogP contribution in [0.4, 0.5) is 0 Å². The zero-order valence-electron chi connectivity index (χ0n) is 12.4. The Labute approximate surface area is 140 Å². The van der Waals surface area contributed by atoms with Crippen molar-refractivity contribution in [3.05, 3.63) is 45.8 Å². The highest BCUT2D eigenvalue weighted by molar-refractivity contribution is 8.29. The summed E-state index contributed by atoms with van der Waals surface area (Å²) in [5.74, 6) is -1.87. The summed E-state index contributed by atoms with van der Waals surface area (Å²) in [5, 5.41) is 2.39. The molecule has 0 radical (unpaired) electrons. The van der Waals surface area contributed by atoms with E-state index in [1.54, 1.807) is 17.5 Å². The molecule has 1 spiro atoms. The number of nitrogens with zero attached hydrogens (tertiary/aromatic N) is 1. The predicted octanol–water partition coefficient (Wildman–Crippen LogP) is 3.05. The molecule has 0 unspecified atom stereocenters. The molecule has 23 heavy (non-hydrogen) atoms. The van der Waals surface area contributed by atoms with E-state index in [2.05, 4.69) is 18.0 Å². The molecule has 3 aliphatic heterocycles. The van der Waals surface area contributed by atoms with Crippen LogP contribution in [0.3, 0.4) is 0 Å². The Morgan fingerprint density at radius 3 is 2.61 bits per heavy atom. The minimum atomic E-state index is -2.49. The number of halogens is 1. The zero-order valence-corrected chi connectivity index (χ0v) is 13.9. The summed E-state index contributed by atoms with van der Waals surface area (Å²) >= 11 is 6.14. The average molecular weight is 352 g/mol. The van der Waals surface area contributed by atoms with Crippen molar-refractivity contribution in [2.75, 3.05) is 20.1 Å². The number of benzene rings is 1. The van der Waals surface area contributed by atoms with Crippen LogP contribution in [0, 0.1) is 0 Å². The van der Waals surface area contributed by atoms with Crippen molar-refractivity contribution in [3.8, 4) is 0 Å². The van der Waals surface area contributed by atoms with Crippen molar-refractivity contribution in [1.29, 1.82) is 0 Å². The van der Waals surface area contributed by atoms with E-state index >= 15 is 0 Å². The number of fused-ring (bicyclic) bond motifs is 2. The van der Waals surface area contributed by atoms with Crippen LogP contribution in [-0.2, 0) is 18.0 Å². The maximum Gasteiger partial charge on any atom is 0.441 e. The summed E-state index contributed by atoms with van der Waals surface area (Å²) in [6.45, 7) is 1.80. The van der Waals surface area contributed by atoms with E-state index in [4.69, 9.17) is 20.0 Å². The minimum Gasteiger partial charge on any atom is -0.325 e. The second kappa shape index (κ2) is 5.12.